The summed E-state index contributed by atoms with van der Waals surface area (Å²) in [4.78, 5) is 0. The quantitative estimate of drug-likeness (QED) is 0.611. The normalized spacial score (nSPS) is 26.0. The number of hydrogen-bond donors (Lipinski definition) is 1. The maximum absolute atomic E-state index is 5.38. The molecule has 1 heterocycles. The van der Waals surface area contributed by atoms with E-state index >= 15 is 0 Å². The number of nitrogens with one attached hydrogen (secondary N) is 1. The van der Waals surface area contributed by atoms with Crippen LogP contribution < -0.4 is 5.32 Å². The van der Waals surface area contributed by atoms with Gasteiger partial charge >= 0.3 is 0 Å². The average molecular weight is 217 g/mol. The summed E-state index contributed by atoms with van der Waals surface area (Å²) in [7, 11) is 1.69. The van der Waals surface area contributed by atoms with Crippen molar-refractivity contribution >= 4 is 0 Å². The Balaban J connectivity index is 1.88. The summed E-state index contributed by atoms with van der Waals surface area (Å²) in [5, 5.41) is 3.51. The van der Waals surface area contributed by atoms with Crippen molar-refractivity contribution in [2.45, 2.75) is 25.3 Å². The molecular weight excluding hydrogens is 194 g/mol. The fourth-order valence-corrected chi connectivity index (χ4v) is 1.62. The molecule has 1 saturated heterocycles. The molecule has 1 aliphatic heterocycles. The molecule has 1 atom stereocenters. The number of methoxy groups -OCH3 is 1. The molecule has 0 saturated carbocycles. The molecule has 1 aliphatic rings. The van der Waals surface area contributed by atoms with Gasteiger partial charge in [0.15, 0.2) is 0 Å². The second kappa shape index (κ2) is 7.17. The molecule has 0 radical (unpaired) electrons. The van der Waals surface area contributed by atoms with E-state index in [0.29, 0.717) is 13.2 Å². The largest absolute Gasteiger partial charge is 0.382 e. The van der Waals surface area contributed by atoms with E-state index in [1.54, 1.807) is 7.11 Å². The second-order valence-electron chi connectivity index (χ2n) is 4.25. The first-order chi connectivity index (χ1) is 7.27. The fraction of sp³-hybridized carbons (Fsp3) is 1.00. The molecule has 0 spiro atoms. The maximum atomic E-state index is 5.38. The van der Waals surface area contributed by atoms with Gasteiger partial charge in [0.05, 0.1) is 19.8 Å². The monoisotopic (exact) mass is 217 g/mol. The molecule has 0 aromatic carbocycles. The van der Waals surface area contributed by atoms with Gasteiger partial charge in [-0.1, -0.05) is 0 Å². The molecule has 1 N–H and O–H groups in total. The average Bonchev–Trinajstić information content (AvgIpc) is 2.64. The summed E-state index contributed by atoms with van der Waals surface area (Å²) in [5.41, 5.74) is 0.187. The van der Waals surface area contributed by atoms with Gasteiger partial charge in [-0.2, -0.15) is 0 Å². The van der Waals surface area contributed by atoms with Crippen molar-refractivity contribution in [1.29, 1.82) is 0 Å². The van der Waals surface area contributed by atoms with Crippen LogP contribution in [0, 0.1) is 0 Å². The van der Waals surface area contributed by atoms with Gasteiger partial charge in [-0.05, 0) is 26.3 Å². The van der Waals surface area contributed by atoms with Crippen molar-refractivity contribution in [1.82, 2.24) is 5.32 Å². The molecule has 4 heteroatoms. The molecule has 1 unspecified atom stereocenters. The van der Waals surface area contributed by atoms with Crippen molar-refractivity contribution in [3.63, 3.8) is 0 Å². The highest BCUT2D eigenvalue weighted by atomic mass is 16.5. The van der Waals surface area contributed by atoms with Crippen LogP contribution in [0.3, 0.4) is 0 Å². The Hall–Kier alpha value is -0.160. The minimum atomic E-state index is 0.187. The third kappa shape index (κ3) is 5.47. The summed E-state index contributed by atoms with van der Waals surface area (Å²) < 4.78 is 15.6. The summed E-state index contributed by atoms with van der Waals surface area (Å²) >= 11 is 0. The first kappa shape index (κ1) is 12.9. The second-order valence-corrected chi connectivity index (χ2v) is 4.25. The van der Waals surface area contributed by atoms with E-state index in [0.717, 1.165) is 39.2 Å². The zero-order valence-corrected chi connectivity index (χ0v) is 9.88. The Morgan fingerprint density at radius 1 is 1.33 bits per heavy atom. The van der Waals surface area contributed by atoms with Crippen LogP contribution in [0.4, 0.5) is 0 Å². The molecule has 0 bridgehead atoms. The Morgan fingerprint density at radius 2 is 2.20 bits per heavy atom. The Labute approximate surface area is 92.3 Å². The topological polar surface area (TPSA) is 39.7 Å². The lowest BCUT2D eigenvalue weighted by atomic mass is 10.0. The summed E-state index contributed by atoms with van der Waals surface area (Å²) in [6.45, 7) is 7.09. The fourth-order valence-electron chi connectivity index (χ4n) is 1.62. The molecular formula is C11H23NO3. The lowest BCUT2D eigenvalue weighted by Gasteiger charge is -2.23. The zero-order valence-electron chi connectivity index (χ0n) is 9.88. The van der Waals surface area contributed by atoms with E-state index in [2.05, 4.69) is 12.2 Å². The minimum absolute atomic E-state index is 0.187. The van der Waals surface area contributed by atoms with Gasteiger partial charge in [0.2, 0.25) is 0 Å². The van der Waals surface area contributed by atoms with E-state index in [1.165, 1.54) is 0 Å². The molecule has 4 nitrogen and oxygen atoms in total. The predicted molar refractivity (Wildman–Crippen MR) is 59.2 cm³/mol. The first-order valence-corrected chi connectivity index (χ1v) is 5.66. The Morgan fingerprint density at radius 3 is 2.87 bits per heavy atom. The van der Waals surface area contributed by atoms with E-state index in [4.69, 9.17) is 14.2 Å². The number of rotatable bonds is 8. The smallest absolute Gasteiger partial charge is 0.0700 e. The van der Waals surface area contributed by atoms with Crippen LogP contribution in [-0.4, -0.2) is 52.2 Å². The van der Waals surface area contributed by atoms with Gasteiger partial charge < -0.3 is 19.5 Å². The number of hydrogen-bond acceptors (Lipinski definition) is 4. The lowest BCUT2D eigenvalue weighted by Crippen LogP contribution is -2.43. The molecule has 15 heavy (non-hydrogen) atoms. The van der Waals surface area contributed by atoms with Gasteiger partial charge in [-0.3, -0.25) is 0 Å². The highest BCUT2D eigenvalue weighted by Gasteiger charge is 2.28. The maximum Gasteiger partial charge on any atom is 0.0700 e. The third-order valence-electron chi connectivity index (χ3n) is 2.67. The molecule has 0 aromatic rings. The Bertz CT molecular complexity index is 158. The van der Waals surface area contributed by atoms with Gasteiger partial charge in [0.1, 0.15) is 0 Å². The third-order valence-corrected chi connectivity index (χ3v) is 2.67. The first-order valence-electron chi connectivity index (χ1n) is 5.66. The van der Waals surface area contributed by atoms with E-state index < -0.39 is 0 Å². The summed E-state index contributed by atoms with van der Waals surface area (Å²) in [5.74, 6) is 0. The van der Waals surface area contributed by atoms with Crippen LogP contribution in [0.25, 0.3) is 0 Å². The van der Waals surface area contributed by atoms with Crippen LogP contribution in [0.5, 0.6) is 0 Å². The van der Waals surface area contributed by atoms with E-state index in [-0.39, 0.29) is 5.54 Å². The van der Waals surface area contributed by atoms with E-state index in [1.807, 2.05) is 0 Å². The van der Waals surface area contributed by atoms with Crippen molar-refractivity contribution in [3.05, 3.63) is 0 Å². The lowest BCUT2D eigenvalue weighted by molar-refractivity contribution is 0.0685. The van der Waals surface area contributed by atoms with Crippen molar-refractivity contribution in [3.8, 4) is 0 Å². The highest BCUT2D eigenvalue weighted by molar-refractivity contribution is 4.86. The van der Waals surface area contributed by atoms with Gasteiger partial charge in [-0.15, -0.1) is 0 Å². The van der Waals surface area contributed by atoms with Gasteiger partial charge in [-0.25, -0.2) is 0 Å². The van der Waals surface area contributed by atoms with Gasteiger partial charge in [0, 0.05) is 25.9 Å². The molecule has 0 aliphatic carbocycles. The SMILES string of the molecule is COCCOCCCNC1(C)CCOC1. The molecule has 1 rings (SSSR count). The molecule has 0 aromatic heterocycles. The van der Waals surface area contributed by atoms with Crippen LogP contribution in [-0.2, 0) is 14.2 Å². The van der Waals surface area contributed by atoms with Crippen molar-refractivity contribution < 1.29 is 14.2 Å². The van der Waals surface area contributed by atoms with Crippen LogP contribution in [0.1, 0.15) is 19.8 Å². The van der Waals surface area contributed by atoms with Crippen molar-refractivity contribution in [2.75, 3.05) is 46.7 Å². The van der Waals surface area contributed by atoms with Crippen LogP contribution in [0.2, 0.25) is 0 Å². The standard InChI is InChI=1S/C11H23NO3/c1-11(4-7-15-10-11)12-5-3-6-14-9-8-13-2/h12H,3-10H2,1-2H3. The van der Waals surface area contributed by atoms with E-state index in [9.17, 15) is 0 Å². The van der Waals surface area contributed by atoms with Crippen molar-refractivity contribution in [2.24, 2.45) is 0 Å². The Kier molecular flexibility index (Phi) is 6.17. The zero-order chi connectivity index (χ0) is 11.0. The number of ether oxygens (including phenoxy) is 3. The summed E-state index contributed by atoms with van der Waals surface area (Å²) in [6, 6.07) is 0. The molecule has 0 amide bonds. The minimum Gasteiger partial charge on any atom is -0.382 e. The predicted octanol–water partition coefficient (Wildman–Crippen LogP) is 0.808. The molecule has 1 fully saturated rings. The summed E-state index contributed by atoms with van der Waals surface area (Å²) in [6.07, 6.45) is 2.15. The highest BCUT2D eigenvalue weighted by Crippen LogP contribution is 2.16. The van der Waals surface area contributed by atoms with Crippen LogP contribution >= 0.6 is 0 Å². The van der Waals surface area contributed by atoms with Crippen LogP contribution in [0.15, 0.2) is 0 Å². The molecule has 90 valence electrons. The van der Waals surface area contributed by atoms with Gasteiger partial charge in [0.25, 0.3) is 0 Å².